The minimum absolute atomic E-state index is 0.340. The molecule has 0 saturated carbocycles. The van der Waals surface area contributed by atoms with E-state index in [4.69, 9.17) is 0 Å². The highest BCUT2D eigenvalue weighted by Crippen LogP contribution is 2.24. The number of halogens is 2. The highest BCUT2D eigenvalue weighted by Gasteiger charge is 2.13. The number of pyridine rings is 1. The predicted molar refractivity (Wildman–Crippen MR) is 85.1 cm³/mol. The molecule has 2 rings (SSSR count). The molecule has 0 bridgehead atoms. The summed E-state index contributed by atoms with van der Waals surface area (Å²) in [4.78, 5) is 16.3. The topological polar surface area (TPSA) is 54.0 Å². The van der Waals surface area contributed by atoms with E-state index in [9.17, 15) is 9.18 Å². The monoisotopic (exact) mass is 351 g/mol. The van der Waals surface area contributed by atoms with Crippen molar-refractivity contribution < 1.29 is 9.18 Å². The molecular weight excluding hydrogens is 337 g/mol. The van der Waals surface area contributed by atoms with Gasteiger partial charge in [0.25, 0.3) is 5.91 Å². The van der Waals surface area contributed by atoms with E-state index >= 15 is 0 Å². The Kier molecular flexibility index (Phi) is 5.27. The quantitative estimate of drug-likeness (QED) is 0.853. The average Bonchev–Trinajstić information content (AvgIpc) is 2.49. The van der Waals surface area contributed by atoms with Crippen molar-refractivity contribution in [2.24, 2.45) is 0 Å². The molecule has 0 fully saturated rings. The summed E-state index contributed by atoms with van der Waals surface area (Å²) >= 11 is 3.28. The lowest BCUT2D eigenvalue weighted by Crippen LogP contribution is -2.16. The van der Waals surface area contributed by atoms with Gasteiger partial charge >= 0.3 is 0 Å². The molecule has 0 atom stereocenters. The molecule has 1 aromatic heterocycles. The molecule has 21 heavy (non-hydrogen) atoms. The Morgan fingerprint density at radius 2 is 2.14 bits per heavy atom. The zero-order valence-electron chi connectivity index (χ0n) is 11.5. The summed E-state index contributed by atoms with van der Waals surface area (Å²) in [5.41, 5.74) is 1.50. The highest BCUT2D eigenvalue weighted by molar-refractivity contribution is 9.10. The molecule has 4 nitrogen and oxygen atoms in total. The lowest BCUT2D eigenvalue weighted by atomic mass is 10.2. The fourth-order valence-corrected chi connectivity index (χ4v) is 2.12. The van der Waals surface area contributed by atoms with Crippen molar-refractivity contribution in [3.63, 3.8) is 0 Å². The summed E-state index contributed by atoms with van der Waals surface area (Å²) in [6, 6.07) is 5.87. The van der Waals surface area contributed by atoms with Crippen LogP contribution in [0.25, 0.3) is 0 Å². The summed E-state index contributed by atoms with van der Waals surface area (Å²) in [5.74, 6) is -0.753. The smallest absolute Gasteiger partial charge is 0.259 e. The molecule has 1 aromatic carbocycles. The number of hydrogen-bond donors (Lipinski definition) is 2. The maximum atomic E-state index is 13.2. The normalized spacial score (nSPS) is 10.2. The van der Waals surface area contributed by atoms with Crippen molar-refractivity contribution in [1.82, 2.24) is 4.98 Å². The van der Waals surface area contributed by atoms with Gasteiger partial charge in [-0.05, 0) is 46.6 Å². The molecule has 2 N–H and O–H groups in total. The van der Waals surface area contributed by atoms with Gasteiger partial charge in [-0.15, -0.1) is 0 Å². The molecule has 0 saturated heterocycles. The van der Waals surface area contributed by atoms with Crippen LogP contribution in [-0.2, 0) is 0 Å². The van der Waals surface area contributed by atoms with E-state index in [-0.39, 0.29) is 5.91 Å². The van der Waals surface area contributed by atoms with E-state index in [1.165, 1.54) is 18.3 Å². The minimum atomic E-state index is -0.413. The Morgan fingerprint density at radius 3 is 2.90 bits per heavy atom. The van der Waals surface area contributed by atoms with Crippen molar-refractivity contribution >= 4 is 33.2 Å². The standard InChI is InChI=1S/C15H15BrFN3O/c1-2-6-19-13-5-7-18-9-11(13)15(21)20-14-8-10(17)3-4-12(14)16/h3-5,7-9H,2,6H2,1H3,(H,18,19)(H,20,21). The molecule has 0 radical (unpaired) electrons. The van der Waals surface area contributed by atoms with Gasteiger partial charge in [0.1, 0.15) is 5.82 Å². The van der Waals surface area contributed by atoms with E-state index in [2.05, 4.69) is 31.5 Å². The molecule has 0 aliphatic carbocycles. The van der Waals surface area contributed by atoms with Crippen molar-refractivity contribution in [2.45, 2.75) is 13.3 Å². The second kappa shape index (κ2) is 7.17. The Bertz CT molecular complexity index is 649. The first kappa shape index (κ1) is 15.4. The number of carbonyl (C=O) groups excluding carboxylic acids is 1. The molecule has 0 spiro atoms. The van der Waals surface area contributed by atoms with E-state index in [1.54, 1.807) is 18.3 Å². The fourth-order valence-electron chi connectivity index (χ4n) is 1.77. The maximum Gasteiger partial charge on any atom is 0.259 e. The molecule has 6 heteroatoms. The highest BCUT2D eigenvalue weighted by atomic mass is 79.9. The van der Waals surface area contributed by atoms with Crippen LogP contribution in [0.4, 0.5) is 15.8 Å². The number of benzene rings is 1. The average molecular weight is 352 g/mol. The van der Waals surface area contributed by atoms with Gasteiger partial charge in [-0.25, -0.2) is 4.39 Å². The zero-order chi connectivity index (χ0) is 15.2. The van der Waals surface area contributed by atoms with Crippen LogP contribution < -0.4 is 10.6 Å². The van der Waals surface area contributed by atoms with Gasteiger partial charge in [-0.3, -0.25) is 9.78 Å². The maximum absolute atomic E-state index is 13.2. The van der Waals surface area contributed by atoms with E-state index < -0.39 is 5.82 Å². The second-order valence-corrected chi connectivity index (χ2v) is 5.28. The van der Waals surface area contributed by atoms with Gasteiger partial charge < -0.3 is 10.6 Å². The first-order valence-electron chi connectivity index (χ1n) is 6.56. The summed E-state index contributed by atoms with van der Waals surface area (Å²) in [6.07, 6.45) is 4.05. The first-order chi connectivity index (χ1) is 10.1. The van der Waals surface area contributed by atoms with Crippen LogP contribution >= 0.6 is 15.9 Å². The number of amides is 1. The fraction of sp³-hybridized carbons (Fsp3) is 0.200. The van der Waals surface area contributed by atoms with Gasteiger partial charge in [0.2, 0.25) is 0 Å². The first-order valence-corrected chi connectivity index (χ1v) is 7.35. The molecule has 0 aliphatic heterocycles. The Hall–Kier alpha value is -1.95. The van der Waals surface area contributed by atoms with Crippen LogP contribution in [0.15, 0.2) is 41.1 Å². The third-order valence-corrected chi connectivity index (χ3v) is 3.50. The second-order valence-electron chi connectivity index (χ2n) is 4.43. The molecule has 0 aliphatic rings. The Morgan fingerprint density at radius 1 is 1.33 bits per heavy atom. The van der Waals surface area contributed by atoms with Crippen LogP contribution in [-0.4, -0.2) is 17.4 Å². The summed E-state index contributed by atoms with van der Waals surface area (Å²) in [6.45, 7) is 2.80. The van der Waals surface area contributed by atoms with Crippen molar-refractivity contribution in [3.8, 4) is 0 Å². The van der Waals surface area contributed by atoms with Crippen LogP contribution in [0.3, 0.4) is 0 Å². The van der Waals surface area contributed by atoms with Crippen LogP contribution in [0.1, 0.15) is 23.7 Å². The molecule has 0 unspecified atom stereocenters. The Labute approximate surface area is 130 Å². The third-order valence-electron chi connectivity index (χ3n) is 2.81. The lowest BCUT2D eigenvalue weighted by molar-refractivity contribution is 0.102. The van der Waals surface area contributed by atoms with Crippen LogP contribution in [0.5, 0.6) is 0 Å². The van der Waals surface area contributed by atoms with E-state index in [1.807, 2.05) is 6.92 Å². The lowest BCUT2D eigenvalue weighted by Gasteiger charge is -2.12. The number of aromatic nitrogens is 1. The molecular formula is C15H15BrFN3O. The van der Waals surface area contributed by atoms with Crippen LogP contribution in [0.2, 0.25) is 0 Å². The number of nitrogens with one attached hydrogen (secondary N) is 2. The predicted octanol–water partition coefficient (Wildman–Crippen LogP) is 4.06. The Balaban J connectivity index is 2.22. The minimum Gasteiger partial charge on any atom is -0.384 e. The van der Waals surface area contributed by atoms with Crippen LogP contribution in [0, 0.1) is 5.82 Å². The number of nitrogens with zero attached hydrogens (tertiary/aromatic N) is 1. The van der Waals surface area contributed by atoms with E-state index in [0.29, 0.717) is 21.4 Å². The molecule has 1 amide bonds. The number of anilines is 2. The van der Waals surface area contributed by atoms with E-state index in [0.717, 1.165) is 13.0 Å². The van der Waals surface area contributed by atoms with Gasteiger partial charge in [-0.1, -0.05) is 6.92 Å². The summed E-state index contributed by atoms with van der Waals surface area (Å²) < 4.78 is 13.9. The molecule has 110 valence electrons. The van der Waals surface area contributed by atoms with Gasteiger partial charge in [0.05, 0.1) is 16.9 Å². The molecule has 1 heterocycles. The number of rotatable bonds is 5. The van der Waals surface area contributed by atoms with Crippen molar-refractivity contribution in [1.29, 1.82) is 0 Å². The van der Waals surface area contributed by atoms with Gasteiger partial charge in [0.15, 0.2) is 0 Å². The van der Waals surface area contributed by atoms with Crippen molar-refractivity contribution in [2.75, 3.05) is 17.2 Å². The van der Waals surface area contributed by atoms with Gasteiger partial charge in [0, 0.05) is 23.4 Å². The molecule has 2 aromatic rings. The van der Waals surface area contributed by atoms with Crippen molar-refractivity contribution in [3.05, 3.63) is 52.5 Å². The number of carbonyl (C=O) groups is 1. The largest absolute Gasteiger partial charge is 0.384 e. The third kappa shape index (κ3) is 4.01. The number of hydrogen-bond acceptors (Lipinski definition) is 3. The summed E-state index contributed by atoms with van der Waals surface area (Å²) in [5, 5.41) is 5.85. The SMILES string of the molecule is CCCNc1ccncc1C(=O)Nc1cc(F)ccc1Br. The summed E-state index contributed by atoms with van der Waals surface area (Å²) in [7, 11) is 0. The zero-order valence-corrected chi connectivity index (χ0v) is 13.1. The van der Waals surface area contributed by atoms with Gasteiger partial charge in [-0.2, -0.15) is 0 Å².